The highest BCUT2D eigenvalue weighted by atomic mass is 35.5. The van der Waals surface area contributed by atoms with Crippen molar-refractivity contribution < 1.29 is 14.3 Å². The normalized spacial score (nSPS) is 17.7. The molecular weight excluding hydrogens is 392 g/mol. The minimum atomic E-state index is -0.182. The van der Waals surface area contributed by atoms with Crippen molar-refractivity contribution in [2.24, 2.45) is 0 Å². The summed E-state index contributed by atoms with van der Waals surface area (Å²) in [5.74, 6) is 0.374. The van der Waals surface area contributed by atoms with Crippen molar-refractivity contribution in [2.75, 3.05) is 43.4 Å². The average molecular weight is 415 g/mol. The largest absolute Gasteiger partial charge is 0.482 e. The molecule has 2 heterocycles. The van der Waals surface area contributed by atoms with E-state index in [0.29, 0.717) is 30.2 Å². The molecule has 0 aliphatic carbocycles. The van der Waals surface area contributed by atoms with E-state index in [2.05, 4.69) is 22.5 Å². The number of piperazine rings is 1. The quantitative estimate of drug-likeness (QED) is 0.805. The van der Waals surface area contributed by atoms with Crippen molar-refractivity contribution in [3.05, 3.63) is 53.1 Å². The lowest BCUT2D eigenvalue weighted by Gasteiger charge is -2.38. The zero-order valence-corrected chi connectivity index (χ0v) is 16.9. The lowest BCUT2D eigenvalue weighted by Crippen LogP contribution is -2.50. The first-order valence-electron chi connectivity index (χ1n) is 9.62. The Balaban J connectivity index is 1.34. The Morgan fingerprint density at radius 2 is 1.93 bits per heavy atom. The molecule has 1 saturated heterocycles. The summed E-state index contributed by atoms with van der Waals surface area (Å²) in [5, 5.41) is 6.42. The molecule has 1 fully saturated rings. The Hall–Kier alpha value is -2.77. The first-order valence-corrected chi connectivity index (χ1v) is 10.00. The average Bonchev–Trinajstić information content (AvgIpc) is 2.74. The van der Waals surface area contributed by atoms with Crippen LogP contribution < -0.4 is 15.4 Å². The molecule has 7 nitrogen and oxygen atoms in total. The molecule has 0 radical (unpaired) electrons. The van der Waals surface area contributed by atoms with Crippen LogP contribution >= 0.6 is 11.6 Å². The predicted molar refractivity (Wildman–Crippen MR) is 113 cm³/mol. The van der Waals surface area contributed by atoms with Crippen LogP contribution in [0.4, 0.5) is 16.2 Å². The third-order valence-corrected chi connectivity index (χ3v) is 5.71. The number of ether oxygens (including phenoxy) is 1. The second kappa shape index (κ2) is 8.31. The van der Waals surface area contributed by atoms with Gasteiger partial charge in [0.2, 0.25) is 0 Å². The molecule has 0 spiro atoms. The summed E-state index contributed by atoms with van der Waals surface area (Å²) in [6.45, 7) is 4.95. The van der Waals surface area contributed by atoms with Gasteiger partial charge in [-0.2, -0.15) is 0 Å². The van der Waals surface area contributed by atoms with E-state index in [1.165, 1.54) is 0 Å². The van der Waals surface area contributed by atoms with E-state index < -0.39 is 0 Å². The van der Waals surface area contributed by atoms with E-state index in [4.69, 9.17) is 16.3 Å². The van der Waals surface area contributed by atoms with Crippen LogP contribution in [0.3, 0.4) is 0 Å². The fourth-order valence-corrected chi connectivity index (χ4v) is 3.97. The first-order chi connectivity index (χ1) is 14.0. The fraction of sp³-hybridized carbons (Fsp3) is 0.333. The lowest BCUT2D eigenvalue weighted by atomic mass is 10.1. The van der Waals surface area contributed by atoms with E-state index in [-0.39, 0.29) is 24.6 Å². The molecule has 0 aromatic heterocycles. The topological polar surface area (TPSA) is 73.9 Å². The maximum absolute atomic E-state index is 12.7. The Labute approximate surface area is 174 Å². The number of nitrogens with zero attached hydrogens (tertiary/aromatic N) is 2. The van der Waals surface area contributed by atoms with Gasteiger partial charge in [0.1, 0.15) is 5.75 Å². The van der Waals surface area contributed by atoms with Crippen molar-refractivity contribution in [1.82, 2.24) is 9.80 Å². The van der Waals surface area contributed by atoms with Crippen LogP contribution in [0.1, 0.15) is 18.5 Å². The van der Waals surface area contributed by atoms with Gasteiger partial charge in [0, 0.05) is 49.0 Å². The van der Waals surface area contributed by atoms with Crippen LogP contribution in [0.5, 0.6) is 5.75 Å². The summed E-state index contributed by atoms with van der Waals surface area (Å²) in [5.41, 5.74) is 2.35. The fourth-order valence-electron chi connectivity index (χ4n) is 3.68. The minimum absolute atomic E-state index is 0.0179. The van der Waals surface area contributed by atoms with Gasteiger partial charge in [0.25, 0.3) is 5.91 Å². The van der Waals surface area contributed by atoms with E-state index in [0.717, 1.165) is 23.7 Å². The SMILES string of the molecule is CC(c1ccccc1Cl)N1CCN(C(=O)Nc2ccc3c(c2)OCC(=O)N3)CC1. The molecule has 2 aliphatic heterocycles. The van der Waals surface area contributed by atoms with Gasteiger partial charge in [-0.15, -0.1) is 0 Å². The summed E-state index contributed by atoms with van der Waals surface area (Å²) in [6.07, 6.45) is 0. The summed E-state index contributed by atoms with van der Waals surface area (Å²) in [6, 6.07) is 13.1. The highest BCUT2D eigenvalue weighted by molar-refractivity contribution is 6.31. The molecule has 152 valence electrons. The molecule has 1 unspecified atom stereocenters. The molecule has 2 aromatic rings. The van der Waals surface area contributed by atoms with Crippen LogP contribution in [-0.2, 0) is 4.79 Å². The summed E-state index contributed by atoms with van der Waals surface area (Å²) in [7, 11) is 0. The number of nitrogens with one attached hydrogen (secondary N) is 2. The number of amides is 3. The molecule has 2 aromatic carbocycles. The molecule has 0 bridgehead atoms. The predicted octanol–water partition coefficient (Wildman–Crippen LogP) is 3.58. The number of carbonyl (C=O) groups is 2. The molecule has 29 heavy (non-hydrogen) atoms. The number of urea groups is 1. The van der Waals surface area contributed by atoms with Gasteiger partial charge < -0.3 is 20.3 Å². The van der Waals surface area contributed by atoms with Gasteiger partial charge in [-0.05, 0) is 30.7 Å². The van der Waals surface area contributed by atoms with Gasteiger partial charge >= 0.3 is 6.03 Å². The van der Waals surface area contributed by atoms with Crippen LogP contribution in [0.2, 0.25) is 5.02 Å². The molecule has 8 heteroatoms. The van der Waals surface area contributed by atoms with Crippen molar-refractivity contribution in [3.63, 3.8) is 0 Å². The molecule has 0 saturated carbocycles. The Bertz CT molecular complexity index is 928. The number of hydrogen-bond donors (Lipinski definition) is 2. The van der Waals surface area contributed by atoms with Crippen LogP contribution in [-0.4, -0.2) is 54.5 Å². The second-order valence-corrected chi connectivity index (χ2v) is 7.61. The molecule has 2 N–H and O–H groups in total. The molecule has 2 aliphatic rings. The van der Waals surface area contributed by atoms with Crippen LogP contribution in [0, 0.1) is 0 Å². The Kier molecular flexibility index (Phi) is 5.60. The van der Waals surface area contributed by atoms with E-state index in [1.807, 2.05) is 24.3 Å². The maximum Gasteiger partial charge on any atom is 0.321 e. The summed E-state index contributed by atoms with van der Waals surface area (Å²) in [4.78, 5) is 28.1. The van der Waals surface area contributed by atoms with E-state index >= 15 is 0 Å². The standard InChI is InChI=1S/C21H23ClN4O3/c1-14(16-4-2-3-5-17(16)22)25-8-10-26(11-9-25)21(28)23-15-6-7-18-19(12-15)29-13-20(27)24-18/h2-7,12,14H,8-11,13H2,1H3,(H,23,28)(H,24,27). The monoisotopic (exact) mass is 414 g/mol. The number of carbonyl (C=O) groups excluding carboxylic acids is 2. The zero-order chi connectivity index (χ0) is 20.4. The Morgan fingerprint density at radius 1 is 1.17 bits per heavy atom. The van der Waals surface area contributed by atoms with E-state index in [1.54, 1.807) is 23.1 Å². The van der Waals surface area contributed by atoms with Gasteiger partial charge in [-0.1, -0.05) is 29.8 Å². The lowest BCUT2D eigenvalue weighted by molar-refractivity contribution is -0.118. The molecule has 1 atom stereocenters. The van der Waals surface area contributed by atoms with Gasteiger partial charge in [-0.25, -0.2) is 4.79 Å². The smallest absolute Gasteiger partial charge is 0.321 e. The van der Waals surface area contributed by atoms with Crippen LogP contribution in [0.15, 0.2) is 42.5 Å². The van der Waals surface area contributed by atoms with Gasteiger partial charge in [0.15, 0.2) is 6.61 Å². The number of hydrogen-bond acceptors (Lipinski definition) is 4. The molecular formula is C21H23ClN4O3. The summed E-state index contributed by atoms with van der Waals surface area (Å²) >= 11 is 6.33. The zero-order valence-electron chi connectivity index (χ0n) is 16.2. The van der Waals surface area contributed by atoms with Gasteiger partial charge in [-0.3, -0.25) is 9.69 Å². The highest BCUT2D eigenvalue weighted by Crippen LogP contribution is 2.31. The first kappa shape index (κ1) is 19.5. The maximum atomic E-state index is 12.7. The number of benzene rings is 2. The van der Waals surface area contributed by atoms with Crippen molar-refractivity contribution in [1.29, 1.82) is 0 Å². The third-order valence-electron chi connectivity index (χ3n) is 5.37. The summed E-state index contributed by atoms with van der Waals surface area (Å²) < 4.78 is 5.40. The molecule has 4 rings (SSSR count). The number of fused-ring (bicyclic) bond motifs is 1. The second-order valence-electron chi connectivity index (χ2n) is 7.20. The number of rotatable bonds is 3. The van der Waals surface area contributed by atoms with Crippen molar-refractivity contribution in [2.45, 2.75) is 13.0 Å². The third kappa shape index (κ3) is 4.31. The minimum Gasteiger partial charge on any atom is -0.482 e. The Morgan fingerprint density at radius 3 is 2.69 bits per heavy atom. The van der Waals surface area contributed by atoms with Crippen molar-refractivity contribution >= 4 is 34.9 Å². The van der Waals surface area contributed by atoms with Crippen molar-refractivity contribution in [3.8, 4) is 5.75 Å². The van der Waals surface area contributed by atoms with Crippen LogP contribution in [0.25, 0.3) is 0 Å². The molecule has 3 amide bonds. The number of halogens is 1. The van der Waals surface area contributed by atoms with E-state index in [9.17, 15) is 9.59 Å². The van der Waals surface area contributed by atoms with Gasteiger partial charge in [0.05, 0.1) is 5.69 Å². The number of anilines is 2. The highest BCUT2D eigenvalue weighted by Gasteiger charge is 2.26.